The number of amides is 1. The van der Waals surface area contributed by atoms with Gasteiger partial charge in [-0.2, -0.15) is 5.10 Å². The number of aromatic amines is 1. The van der Waals surface area contributed by atoms with Gasteiger partial charge in [-0.3, -0.25) is 4.79 Å². The van der Waals surface area contributed by atoms with E-state index in [0.29, 0.717) is 33.2 Å². The molecule has 0 atom stereocenters. The van der Waals surface area contributed by atoms with Crippen molar-refractivity contribution in [1.29, 1.82) is 0 Å². The molecule has 0 saturated heterocycles. The van der Waals surface area contributed by atoms with Crippen molar-refractivity contribution in [2.45, 2.75) is 6.92 Å². The Morgan fingerprint density at radius 1 is 1.03 bits per heavy atom. The van der Waals surface area contributed by atoms with Crippen molar-refractivity contribution in [2.24, 2.45) is 5.10 Å². The minimum absolute atomic E-state index is 0.304. The van der Waals surface area contributed by atoms with E-state index in [0.717, 1.165) is 30.1 Å². The van der Waals surface area contributed by atoms with Gasteiger partial charge in [0.1, 0.15) is 11.4 Å². The lowest BCUT2D eigenvalue weighted by molar-refractivity contribution is 0.0734. The predicted octanol–water partition coefficient (Wildman–Crippen LogP) is 8.15. The van der Waals surface area contributed by atoms with Gasteiger partial charge >= 0.3 is 5.97 Å². The maximum atomic E-state index is 13.3. The molecule has 0 saturated carbocycles. The molecule has 4 aromatic carbocycles. The van der Waals surface area contributed by atoms with Crippen LogP contribution in [0.3, 0.4) is 0 Å². The van der Waals surface area contributed by atoms with Crippen LogP contribution in [0.1, 0.15) is 32.0 Å². The van der Waals surface area contributed by atoms with Crippen LogP contribution >= 0.6 is 50.1 Å². The second-order valence-electron chi connectivity index (χ2n) is 8.68. The molecule has 2 N–H and O–H groups in total. The highest BCUT2D eigenvalue weighted by Crippen LogP contribution is 2.37. The lowest BCUT2D eigenvalue weighted by Gasteiger charge is -2.09. The zero-order chi connectivity index (χ0) is 27.5. The fraction of sp³-hybridized carbons (Fsp3) is 0.0333. The van der Waals surface area contributed by atoms with Crippen molar-refractivity contribution in [2.75, 3.05) is 0 Å². The molecule has 0 unspecified atom stereocenters. The third-order valence-corrected chi connectivity index (χ3v) is 7.46. The third-order valence-electron chi connectivity index (χ3n) is 5.96. The van der Waals surface area contributed by atoms with E-state index < -0.39 is 11.9 Å². The number of aromatic nitrogens is 1. The summed E-state index contributed by atoms with van der Waals surface area (Å²) >= 11 is 12.2. The topological polar surface area (TPSA) is 83.5 Å². The van der Waals surface area contributed by atoms with E-state index in [1.54, 1.807) is 36.4 Å². The zero-order valence-electron chi connectivity index (χ0n) is 20.5. The van der Waals surface area contributed by atoms with Gasteiger partial charge in [0.25, 0.3) is 5.91 Å². The molecule has 9 heteroatoms. The van der Waals surface area contributed by atoms with Gasteiger partial charge in [0, 0.05) is 40.7 Å². The number of carbonyl (C=O) groups excluding carboxylic acids is 2. The molecule has 1 aromatic heterocycles. The second kappa shape index (κ2) is 11.7. The molecule has 39 heavy (non-hydrogen) atoms. The van der Waals surface area contributed by atoms with Crippen LogP contribution in [0.4, 0.5) is 0 Å². The summed E-state index contributed by atoms with van der Waals surface area (Å²) in [6.45, 7) is 1.95. The number of fused-ring (bicyclic) bond motifs is 1. The van der Waals surface area contributed by atoms with Crippen molar-refractivity contribution in [3.8, 4) is 16.9 Å². The van der Waals surface area contributed by atoms with Crippen LogP contribution in [-0.4, -0.2) is 23.1 Å². The first-order chi connectivity index (χ1) is 18.8. The van der Waals surface area contributed by atoms with E-state index in [4.69, 9.17) is 16.3 Å². The molecule has 0 aliphatic rings. The molecule has 0 radical (unpaired) electrons. The Labute approximate surface area is 251 Å². The quantitative estimate of drug-likeness (QED) is 0.0613. The molecule has 0 aliphatic carbocycles. The summed E-state index contributed by atoms with van der Waals surface area (Å²) < 4.78 is 7.41. The number of H-pyrrole nitrogens is 1. The summed E-state index contributed by atoms with van der Waals surface area (Å²) in [4.78, 5) is 29.2. The van der Waals surface area contributed by atoms with Crippen LogP contribution in [0.5, 0.6) is 5.75 Å². The summed E-state index contributed by atoms with van der Waals surface area (Å²) in [6.07, 6.45) is 1.43. The Bertz CT molecular complexity index is 1750. The van der Waals surface area contributed by atoms with E-state index in [1.807, 2.05) is 55.5 Å². The number of carbonyl (C=O) groups is 2. The standard InChI is InChI=1S/C30H20BrClIN3O3/c1-17-6-8-18(9-7-17)30(38)39-26-13-10-20(31)14-19(26)16-34-36-29(37)28-27(22-4-2-3-5-24(22)32)23-15-21(33)11-12-25(23)35-28/h2-16,35H,1H3,(H,36,37). The third kappa shape index (κ3) is 6.08. The number of ether oxygens (including phenoxy) is 1. The molecular weight excluding hydrogens is 693 g/mol. The van der Waals surface area contributed by atoms with E-state index in [9.17, 15) is 9.59 Å². The maximum Gasteiger partial charge on any atom is 0.343 e. The normalized spacial score (nSPS) is 11.2. The van der Waals surface area contributed by atoms with Gasteiger partial charge in [0.2, 0.25) is 0 Å². The number of rotatable bonds is 6. The number of halogens is 3. The number of nitrogens with one attached hydrogen (secondary N) is 2. The number of hydrogen-bond donors (Lipinski definition) is 2. The molecule has 1 heterocycles. The predicted molar refractivity (Wildman–Crippen MR) is 167 cm³/mol. The van der Waals surface area contributed by atoms with Crippen LogP contribution < -0.4 is 10.2 Å². The molecule has 6 nitrogen and oxygen atoms in total. The summed E-state index contributed by atoms with van der Waals surface area (Å²) in [5.74, 6) is -0.632. The van der Waals surface area contributed by atoms with Gasteiger partial charge in [-0.15, -0.1) is 0 Å². The summed E-state index contributed by atoms with van der Waals surface area (Å²) in [6, 6.07) is 25.5. The first kappa shape index (κ1) is 27.1. The number of nitrogens with zero attached hydrogens (tertiary/aromatic N) is 1. The number of esters is 1. The van der Waals surface area contributed by atoms with E-state index in [2.05, 4.69) is 54.0 Å². The molecule has 5 aromatic rings. The van der Waals surface area contributed by atoms with Crippen molar-refractivity contribution in [3.63, 3.8) is 0 Å². The van der Waals surface area contributed by atoms with Gasteiger partial charge in [-0.1, -0.05) is 63.4 Å². The Morgan fingerprint density at radius 2 is 1.79 bits per heavy atom. The van der Waals surface area contributed by atoms with Gasteiger partial charge in [0.15, 0.2) is 0 Å². The van der Waals surface area contributed by atoms with Crippen molar-refractivity contribution in [3.05, 3.63) is 120 Å². The Kier molecular flexibility index (Phi) is 8.15. The van der Waals surface area contributed by atoms with E-state index in [1.165, 1.54) is 6.21 Å². The highest BCUT2D eigenvalue weighted by molar-refractivity contribution is 14.1. The second-order valence-corrected chi connectivity index (χ2v) is 11.3. The van der Waals surface area contributed by atoms with Gasteiger partial charge in [0.05, 0.1) is 11.8 Å². The SMILES string of the molecule is Cc1ccc(C(=O)Oc2ccc(Br)cc2C=NNC(=O)c2[nH]c3ccc(I)cc3c2-c2ccccc2Cl)cc1. The first-order valence-corrected chi connectivity index (χ1v) is 14.0. The average molecular weight is 713 g/mol. The summed E-state index contributed by atoms with van der Waals surface area (Å²) in [5, 5.41) is 5.57. The monoisotopic (exact) mass is 711 g/mol. The van der Waals surface area contributed by atoms with Crippen LogP contribution in [0.2, 0.25) is 5.02 Å². The van der Waals surface area contributed by atoms with E-state index in [-0.39, 0.29) is 0 Å². The molecule has 0 spiro atoms. The van der Waals surface area contributed by atoms with Gasteiger partial charge in [-0.25, -0.2) is 10.2 Å². The number of hydrazone groups is 1. The first-order valence-electron chi connectivity index (χ1n) is 11.8. The summed E-state index contributed by atoms with van der Waals surface area (Å²) in [7, 11) is 0. The molecular formula is C30H20BrClIN3O3. The molecule has 0 aliphatic heterocycles. The average Bonchev–Trinajstić information content (AvgIpc) is 3.29. The van der Waals surface area contributed by atoms with Crippen molar-refractivity contribution < 1.29 is 14.3 Å². The van der Waals surface area contributed by atoms with E-state index >= 15 is 0 Å². The molecule has 5 rings (SSSR count). The largest absolute Gasteiger partial charge is 0.422 e. The molecule has 1 amide bonds. The van der Waals surface area contributed by atoms with Crippen LogP contribution in [0.15, 0.2) is 94.5 Å². The lowest BCUT2D eigenvalue weighted by Crippen LogP contribution is -2.19. The Hall–Kier alpha value is -3.47. The molecule has 194 valence electrons. The maximum absolute atomic E-state index is 13.3. The summed E-state index contributed by atoms with van der Waals surface area (Å²) in [5.41, 5.74) is 7.13. The fourth-order valence-corrected chi connectivity index (χ4v) is 5.16. The molecule has 0 fully saturated rings. The van der Waals surface area contributed by atoms with Crippen molar-refractivity contribution >= 4 is 79.1 Å². The lowest BCUT2D eigenvalue weighted by atomic mass is 10.0. The van der Waals surface area contributed by atoms with Crippen LogP contribution in [0.25, 0.3) is 22.0 Å². The Balaban J connectivity index is 1.43. The smallest absolute Gasteiger partial charge is 0.343 e. The number of aryl methyl sites for hydroxylation is 1. The Morgan fingerprint density at radius 3 is 2.56 bits per heavy atom. The molecule has 0 bridgehead atoms. The fourth-order valence-electron chi connectivity index (χ4n) is 4.06. The number of benzene rings is 4. The minimum atomic E-state index is -0.493. The number of hydrogen-bond acceptors (Lipinski definition) is 4. The van der Waals surface area contributed by atoms with Crippen LogP contribution in [0, 0.1) is 10.5 Å². The van der Waals surface area contributed by atoms with Crippen molar-refractivity contribution in [1.82, 2.24) is 10.4 Å². The van der Waals surface area contributed by atoms with Crippen LogP contribution in [-0.2, 0) is 0 Å². The van der Waals surface area contributed by atoms with Gasteiger partial charge < -0.3 is 9.72 Å². The highest BCUT2D eigenvalue weighted by Gasteiger charge is 2.21. The highest BCUT2D eigenvalue weighted by atomic mass is 127. The zero-order valence-corrected chi connectivity index (χ0v) is 25.0. The minimum Gasteiger partial charge on any atom is -0.422 e. The van der Waals surface area contributed by atoms with Gasteiger partial charge in [-0.05, 0) is 84.1 Å².